The lowest BCUT2D eigenvalue weighted by Gasteiger charge is -2.47. The molecule has 1 unspecified atom stereocenters. The molecule has 188 valence electrons. The van der Waals surface area contributed by atoms with E-state index in [-0.39, 0.29) is 12.2 Å². The quantitative estimate of drug-likeness (QED) is 0.399. The number of ketones is 1. The molecule has 7 nitrogen and oxygen atoms in total. The van der Waals surface area contributed by atoms with Gasteiger partial charge < -0.3 is 5.11 Å². The van der Waals surface area contributed by atoms with Crippen LogP contribution in [0.1, 0.15) is 57.3 Å². The standard InChI is InChI=1S/C28H31BrN4O3/c1-17(2)15-22-31-20-7-6-14-30-26(20)33(22)19-10-8-18(9-11-19)16-21(27(35)36)32-24-23(29)25(34)28(24)12-4-3-5-13-28/h6-11,14,17,21,23H,3-5,12-13,15-16H2,1-2H3,(H,35,36)/t21-,23?/m0/s1. The van der Waals surface area contributed by atoms with Gasteiger partial charge in [0, 0.05) is 30.4 Å². The first kappa shape index (κ1) is 24.8. The molecule has 8 heteroatoms. The van der Waals surface area contributed by atoms with Crippen molar-refractivity contribution in [3.8, 4) is 5.69 Å². The van der Waals surface area contributed by atoms with Crippen LogP contribution in [0.3, 0.4) is 0 Å². The number of aromatic nitrogens is 3. The molecule has 2 atom stereocenters. The molecule has 0 radical (unpaired) electrons. The molecule has 1 N–H and O–H groups in total. The molecule has 0 amide bonds. The van der Waals surface area contributed by atoms with Crippen molar-refractivity contribution in [3.63, 3.8) is 0 Å². The number of imidazole rings is 1. The number of carbonyl (C=O) groups is 2. The highest BCUT2D eigenvalue weighted by molar-refractivity contribution is 9.10. The predicted molar refractivity (Wildman–Crippen MR) is 143 cm³/mol. The Morgan fingerprint density at radius 3 is 2.56 bits per heavy atom. The number of carboxylic acids is 1. The maximum Gasteiger partial charge on any atom is 0.328 e. The van der Waals surface area contributed by atoms with Crippen molar-refractivity contribution in [1.82, 2.24) is 14.5 Å². The number of fused-ring (bicyclic) bond motifs is 1. The van der Waals surface area contributed by atoms with Gasteiger partial charge in [-0.15, -0.1) is 0 Å². The van der Waals surface area contributed by atoms with Gasteiger partial charge in [0.15, 0.2) is 17.5 Å². The van der Waals surface area contributed by atoms with Crippen LogP contribution in [-0.2, 0) is 22.4 Å². The Morgan fingerprint density at radius 2 is 1.89 bits per heavy atom. The van der Waals surface area contributed by atoms with Gasteiger partial charge in [-0.3, -0.25) is 14.4 Å². The molecule has 2 saturated carbocycles. The molecule has 0 saturated heterocycles. The van der Waals surface area contributed by atoms with Crippen LogP contribution >= 0.6 is 15.9 Å². The van der Waals surface area contributed by atoms with Crippen LogP contribution in [0.15, 0.2) is 47.6 Å². The van der Waals surface area contributed by atoms with Crippen LogP contribution in [0.5, 0.6) is 0 Å². The number of hydrogen-bond donors (Lipinski definition) is 1. The Kier molecular flexibility index (Phi) is 6.81. The van der Waals surface area contributed by atoms with Crippen LogP contribution in [-0.4, -0.2) is 48.0 Å². The van der Waals surface area contributed by atoms with Crippen molar-refractivity contribution in [3.05, 3.63) is 54.0 Å². The molecule has 2 heterocycles. The summed E-state index contributed by atoms with van der Waals surface area (Å²) in [6, 6.07) is 10.8. The monoisotopic (exact) mass is 550 g/mol. The Labute approximate surface area is 219 Å². The minimum Gasteiger partial charge on any atom is -0.480 e. The Hall–Kier alpha value is -2.87. The SMILES string of the molecule is CC(C)Cc1nc2cccnc2n1-c1ccc(C[C@H](N=C2C(Br)C(=O)C23CCCCC3)C(=O)O)cc1. The number of hydrogen-bond acceptors (Lipinski definition) is 5. The van der Waals surface area contributed by atoms with E-state index >= 15 is 0 Å². The average molecular weight is 551 g/mol. The van der Waals surface area contributed by atoms with Gasteiger partial charge in [0.05, 0.1) is 5.41 Å². The number of Topliss-reactive ketones (excluding diaryl/α,β-unsaturated/α-hetero) is 1. The number of rotatable bonds is 7. The molecular formula is C28H31BrN4O3. The van der Waals surface area contributed by atoms with Gasteiger partial charge in [-0.1, -0.05) is 61.2 Å². The van der Waals surface area contributed by atoms with E-state index in [1.165, 1.54) is 0 Å². The molecule has 2 aromatic heterocycles. The van der Waals surface area contributed by atoms with Gasteiger partial charge in [-0.05, 0) is 48.6 Å². The van der Waals surface area contributed by atoms with E-state index in [0.717, 1.165) is 72.5 Å². The van der Waals surface area contributed by atoms with Crippen molar-refractivity contribution < 1.29 is 14.7 Å². The highest BCUT2D eigenvalue weighted by atomic mass is 79.9. The van der Waals surface area contributed by atoms with Crippen LogP contribution in [0.4, 0.5) is 0 Å². The topological polar surface area (TPSA) is 97.4 Å². The fourth-order valence-electron chi connectivity index (χ4n) is 5.60. The van der Waals surface area contributed by atoms with E-state index in [2.05, 4.69) is 44.3 Å². The second kappa shape index (κ2) is 9.88. The molecular weight excluding hydrogens is 520 g/mol. The van der Waals surface area contributed by atoms with Crippen LogP contribution < -0.4 is 0 Å². The summed E-state index contributed by atoms with van der Waals surface area (Å²) in [4.78, 5) is 38.4. The molecule has 1 aromatic carbocycles. The molecule has 2 aliphatic carbocycles. The van der Waals surface area contributed by atoms with Crippen molar-refractivity contribution in [2.24, 2.45) is 16.3 Å². The fourth-order valence-corrected chi connectivity index (χ4v) is 6.59. The minimum atomic E-state index is -0.972. The first-order chi connectivity index (χ1) is 17.3. The minimum absolute atomic E-state index is 0.160. The third kappa shape index (κ3) is 4.40. The van der Waals surface area contributed by atoms with Crippen molar-refractivity contribution >= 4 is 44.6 Å². The molecule has 0 aliphatic heterocycles. The number of pyridine rings is 1. The summed E-state index contributed by atoms with van der Waals surface area (Å²) in [5.41, 5.74) is 3.67. The lowest BCUT2D eigenvalue weighted by molar-refractivity contribution is -0.138. The summed E-state index contributed by atoms with van der Waals surface area (Å²) in [5, 5.41) is 9.96. The first-order valence-corrected chi connectivity index (χ1v) is 13.6. The van der Waals surface area contributed by atoms with E-state index in [0.29, 0.717) is 5.92 Å². The first-order valence-electron chi connectivity index (χ1n) is 12.7. The third-order valence-electron chi connectivity index (χ3n) is 7.42. The van der Waals surface area contributed by atoms with Gasteiger partial charge in [-0.25, -0.2) is 14.8 Å². The highest BCUT2D eigenvalue weighted by Gasteiger charge is 2.58. The smallest absolute Gasteiger partial charge is 0.328 e. The fraction of sp³-hybridized carbons (Fsp3) is 0.464. The highest BCUT2D eigenvalue weighted by Crippen LogP contribution is 2.49. The van der Waals surface area contributed by atoms with Crippen LogP contribution in [0, 0.1) is 11.3 Å². The predicted octanol–water partition coefficient (Wildman–Crippen LogP) is 5.35. The number of nitrogens with zero attached hydrogens (tertiary/aromatic N) is 4. The number of carboxylic acid groups (broad SMARTS) is 1. The Balaban J connectivity index is 1.42. The van der Waals surface area contributed by atoms with Gasteiger partial charge >= 0.3 is 5.97 Å². The largest absolute Gasteiger partial charge is 0.480 e. The van der Waals surface area contributed by atoms with Gasteiger partial charge in [0.1, 0.15) is 16.2 Å². The second-order valence-corrected chi connectivity index (χ2v) is 11.3. The molecule has 2 fully saturated rings. The molecule has 2 aliphatic rings. The molecule has 0 bridgehead atoms. The number of halogens is 1. The van der Waals surface area contributed by atoms with E-state index in [9.17, 15) is 14.7 Å². The normalized spacial score (nSPS) is 21.3. The van der Waals surface area contributed by atoms with E-state index in [1.807, 2.05) is 36.4 Å². The third-order valence-corrected chi connectivity index (χ3v) is 8.27. The van der Waals surface area contributed by atoms with Gasteiger partial charge in [-0.2, -0.15) is 0 Å². The molecule has 1 spiro atoms. The van der Waals surface area contributed by atoms with E-state index in [1.54, 1.807) is 6.20 Å². The number of alkyl halides is 1. The summed E-state index contributed by atoms with van der Waals surface area (Å²) in [5.74, 6) is 0.588. The maximum atomic E-state index is 12.7. The number of aliphatic imine (C=N–C) groups is 1. The van der Waals surface area contributed by atoms with Crippen molar-refractivity contribution in [1.29, 1.82) is 0 Å². The maximum absolute atomic E-state index is 12.7. The van der Waals surface area contributed by atoms with Gasteiger partial charge in [0.25, 0.3) is 0 Å². The lowest BCUT2D eigenvalue weighted by atomic mass is 9.58. The molecule has 5 rings (SSSR count). The Morgan fingerprint density at radius 1 is 1.17 bits per heavy atom. The summed E-state index contributed by atoms with van der Waals surface area (Å²) in [7, 11) is 0. The van der Waals surface area contributed by atoms with Crippen LogP contribution in [0.2, 0.25) is 0 Å². The van der Waals surface area contributed by atoms with Gasteiger partial charge in [0.2, 0.25) is 0 Å². The number of aliphatic carboxylic acids is 1. The molecule has 36 heavy (non-hydrogen) atoms. The van der Waals surface area contributed by atoms with Crippen molar-refractivity contribution in [2.45, 2.75) is 69.7 Å². The van der Waals surface area contributed by atoms with E-state index < -0.39 is 22.3 Å². The zero-order valence-electron chi connectivity index (χ0n) is 20.7. The summed E-state index contributed by atoms with van der Waals surface area (Å²) in [6.45, 7) is 4.33. The zero-order chi connectivity index (χ0) is 25.4. The molecule has 3 aromatic rings. The lowest BCUT2D eigenvalue weighted by Crippen LogP contribution is -2.61. The average Bonchev–Trinajstić information content (AvgIpc) is 3.23. The van der Waals surface area contributed by atoms with Crippen molar-refractivity contribution in [2.75, 3.05) is 0 Å². The van der Waals surface area contributed by atoms with E-state index in [4.69, 9.17) is 4.98 Å². The Bertz CT molecular complexity index is 1320. The number of carbonyl (C=O) groups excluding carboxylic acids is 1. The zero-order valence-corrected chi connectivity index (χ0v) is 22.2. The number of benzene rings is 1. The summed E-state index contributed by atoms with van der Waals surface area (Å²) in [6.07, 6.45) is 7.51. The van der Waals surface area contributed by atoms with Crippen LogP contribution in [0.25, 0.3) is 16.9 Å². The summed E-state index contributed by atoms with van der Waals surface area (Å²) >= 11 is 3.45. The summed E-state index contributed by atoms with van der Waals surface area (Å²) < 4.78 is 2.08. The second-order valence-electron chi connectivity index (χ2n) is 10.4.